The summed E-state index contributed by atoms with van der Waals surface area (Å²) < 4.78 is 1.77. The maximum Gasteiger partial charge on any atom is 0.315 e. The lowest BCUT2D eigenvalue weighted by molar-refractivity contribution is 0.207. The van der Waals surface area contributed by atoms with Gasteiger partial charge >= 0.3 is 6.03 Å². The number of carbonyl (C=O) groups is 1. The van der Waals surface area contributed by atoms with Crippen molar-refractivity contribution in [3.63, 3.8) is 0 Å². The van der Waals surface area contributed by atoms with E-state index < -0.39 is 0 Å². The van der Waals surface area contributed by atoms with Gasteiger partial charge in [-0.2, -0.15) is 5.10 Å². The van der Waals surface area contributed by atoms with E-state index in [9.17, 15) is 9.90 Å². The van der Waals surface area contributed by atoms with Crippen LogP contribution in [0, 0.1) is 5.92 Å². The van der Waals surface area contributed by atoms with E-state index in [2.05, 4.69) is 29.6 Å². The highest BCUT2D eigenvalue weighted by Crippen LogP contribution is 2.04. The molecule has 6 nitrogen and oxygen atoms in total. The first-order valence-electron chi connectivity index (χ1n) is 7.14. The molecule has 3 N–H and O–H groups in total. The van der Waals surface area contributed by atoms with E-state index in [0.717, 1.165) is 19.3 Å². The average molecular weight is 282 g/mol. The molecule has 0 aromatic carbocycles. The number of urea groups is 1. The molecule has 0 saturated heterocycles. The normalized spacial score (nSPS) is 12.4. The number of aromatic nitrogens is 2. The van der Waals surface area contributed by atoms with Crippen LogP contribution in [0.4, 0.5) is 4.79 Å². The molecule has 1 aromatic heterocycles. The Kier molecular flexibility index (Phi) is 7.08. The van der Waals surface area contributed by atoms with Crippen LogP contribution in [-0.2, 0) is 13.5 Å². The van der Waals surface area contributed by atoms with Crippen LogP contribution in [0.5, 0.6) is 0 Å². The van der Waals surface area contributed by atoms with Crippen molar-refractivity contribution in [3.8, 4) is 0 Å². The standard InChI is InChI=1S/C14H26N4O2/c1-11(2)7-13(10-19)17-14(20)15-6-4-5-12-8-16-18(3)9-12/h8-9,11,13,19H,4-7,10H2,1-3H3,(H2,15,17,20). The van der Waals surface area contributed by atoms with Gasteiger partial charge in [-0.05, 0) is 30.7 Å². The molecule has 0 radical (unpaired) electrons. The molecular formula is C14H26N4O2. The van der Waals surface area contributed by atoms with Crippen LogP contribution >= 0.6 is 0 Å². The fourth-order valence-corrected chi connectivity index (χ4v) is 2.08. The molecule has 0 spiro atoms. The zero-order valence-electron chi connectivity index (χ0n) is 12.6. The molecule has 1 unspecified atom stereocenters. The highest BCUT2D eigenvalue weighted by Gasteiger charge is 2.12. The third-order valence-corrected chi connectivity index (χ3v) is 3.00. The molecule has 20 heavy (non-hydrogen) atoms. The summed E-state index contributed by atoms with van der Waals surface area (Å²) in [5.74, 6) is 0.443. The molecule has 0 fully saturated rings. The fraction of sp³-hybridized carbons (Fsp3) is 0.714. The van der Waals surface area contributed by atoms with Crippen LogP contribution in [0.3, 0.4) is 0 Å². The second kappa shape index (κ2) is 8.58. The van der Waals surface area contributed by atoms with Crippen molar-refractivity contribution in [3.05, 3.63) is 18.0 Å². The van der Waals surface area contributed by atoms with Gasteiger partial charge in [-0.25, -0.2) is 4.79 Å². The number of hydrogen-bond acceptors (Lipinski definition) is 3. The van der Waals surface area contributed by atoms with Gasteiger partial charge in [-0.3, -0.25) is 4.68 Å². The highest BCUT2D eigenvalue weighted by molar-refractivity contribution is 5.74. The van der Waals surface area contributed by atoms with E-state index in [1.54, 1.807) is 4.68 Å². The number of rotatable bonds is 8. The quantitative estimate of drug-likeness (QED) is 0.624. The molecule has 0 aliphatic carbocycles. The zero-order valence-corrected chi connectivity index (χ0v) is 12.6. The summed E-state index contributed by atoms with van der Waals surface area (Å²) in [6, 6.07) is -0.385. The van der Waals surface area contributed by atoms with E-state index in [0.29, 0.717) is 12.5 Å². The molecule has 0 bridgehead atoms. The van der Waals surface area contributed by atoms with Crippen molar-refractivity contribution < 1.29 is 9.90 Å². The van der Waals surface area contributed by atoms with Crippen LogP contribution in [0.2, 0.25) is 0 Å². The molecule has 0 aliphatic rings. The van der Waals surface area contributed by atoms with Crippen molar-refractivity contribution in [1.82, 2.24) is 20.4 Å². The lowest BCUT2D eigenvalue weighted by Gasteiger charge is -2.18. The van der Waals surface area contributed by atoms with Crippen LogP contribution in [0.25, 0.3) is 0 Å². The minimum absolute atomic E-state index is 0.0265. The maximum absolute atomic E-state index is 11.7. The lowest BCUT2D eigenvalue weighted by atomic mass is 10.0. The first-order valence-corrected chi connectivity index (χ1v) is 7.14. The first-order chi connectivity index (χ1) is 9.51. The Morgan fingerprint density at radius 1 is 1.50 bits per heavy atom. The summed E-state index contributed by atoms with van der Waals surface area (Å²) in [4.78, 5) is 11.7. The van der Waals surface area contributed by atoms with Gasteiger partial charge in [-0.1, -0.05) is 13.8 Å². The number of nitrogens with one attached hydrogen (secondary N) is 2. The van der Waals surface area contributed by atoms with Crippen LogP contribution < -0.4 is 10.6 Å². The molecule has 6 heteroatoms. The Morgan fingerprint density at radius 2 is 2.25 bits per heavy atom. The third kappa shape index (κ3) is 6.56. The van der Waals surface area contributed by atoms with E-state index in [1.807, 2.05) is 19.4 Å². The molecule has 1 atom stereocenters. The van der Waals surface area contributed by atoms with Gasteiger partial charge in [0.15, 0.2) is 0 Å². The van der Waals surface area contributed by atoms with Gasteiger partial charge in [0, 0.05) is 19.8 Å². The van der Waals surface area contributed by atoms with E-state index in [1.165, 1.54) is 5.56 Å². The second-order valence-corrected chi connectivity index (χ2v) is 5.54. The Labute approximate surface area is 120 Å². The van der Waals surface area contributed by atoms with Crippen molar-refractivity contribution in [2.45, 2.75) is 39.2 Å². The molecule has 2 amide bonds. The molecule has 0 aliphatic heterocycles. The van der Waals surface area contributed by atoms with E-state index in [4.69, 9.17) is 0 Å². The Morgan fingerprint density at radius 3 is 2.80 bits per heavy atom. The monoisotopic (exact) mass is 282 g/mol. The van der Waals surface area contributed by atoms with Crippen LogP contribution in [0.1, 0.15) is 32.3 Å². The minimum atomic E-state index is -0.212. The minimum Gasteiger partial charge on any atom is -0.394 e. The number of hydrogen-bond donors (Lipinski definition) is 3. The number of nitrogens with zero attached hydrogens (tertiary/aromatic N) is 2. The van der Waals surface area contributed by atoms with Crippen molar-refractivity contribution in [2.75, 3.05) is 13.2 Å². The van der Waals surface area contributed by atoms with E-state index in [-0.39, 0.29) is 18.7 Å². The number of aryl methyl sites for hydroxylation is 2. The van der Waals surface area contributed by atoms with Crippen molar-refractivity contribution in [2.24, 2.45) is 13.0 Å². The van der Waals surface area contributed by atoms with E-state index >= 15 is 0 Å². The lowest BCUT2D eigenvalue weighted by Crippen LogP contribution is -2.44. The molecule has 0 saturated carbocycles. The molecule has 1 rings (SSSR count). The predicted molar refractivity (Wildman–Crippen MR) is 78.4 cm³/mol. The topological polar surface area (TPSA) is 79.2 Å². The Bertz CT molecular complexity index is 404. The Balaban J connectivity index is 2.16. The summed E-state index contributed by atoms with van der Waals surface area (Å²) in [7, 11) is 1.89. The van der Waals surface area contributed by atoms with Crippen LogP contribution in [-0.4, -0.2) is 40.1 Å². The summed E-state index contributed by atoms with van der Waals surface area (Å²) >= 11 is 0. The summed E-state index contributed by atoms with van der Waals surface area (Å²) in [5.41, 5.74) is 1.17. The number of carbonyl (C=O) groups excluding carboxylic acids is 1. The van der Waals surface area contributed by atoms with Gasteiger partial charge in [0.2, 0.25) is 0 Å². The summed E-state index contributed by atoms with van der Waals surface area (Å²) in [6.45, 7) is 4.72. The smallest absolute Gasteiger partial charge is 0.315 e. The second-order valence-electron chi connectivity index (χ2n) is 5.54. The van der Waals surface area contributed by atoms with Gasteiger partial charge in [0.25, 0.3) is 0 Å². The van der Waals surface area contributed by atoms with Crippen LogP contribution in [0.15, 0.2) is 12.4 Å². The molecule has 1 heterocycles. The SMILES string of the molecule is CC(C)CC(CO)NC(=O)NCCCc1cnn(C)c1. The number of aliphatic hydroxyl groups excluding tert-OH is 1. The van der Waals surface area contributed by atoms with Gasteiger partial charge in [0.1, 0.15) is 0 Å². The highest BCUT2D eigenvalue weighted by atomic mass is 16.3. The van der Waals surface area contributed by atoms with Gasteiger partial charge < -0.3 is 15.7 Å². The zero-order chi connectivity index (χ0) is 15.0. The predicted octanol–water partition coefficient (Wildman–Crippen LogP) is 1.06. The maximum atomic E-state index is 11.7. The fourth-order valence-electron chi connectivity index (χ4n) is 2.08. The average Bonchev–Trinajstić information content (AvgIpc) is 2.79. The molecule has 1 aromatic rings. The van der Waals surface area contributed by atoms with Crippen molar-refractivity contribution in [1.29, 1.82) is 0 Å². The largest absolute Gasteiger partial charge is 0.394 e. The number of aliphatic hydroxyl groups is 1. The van der Waals surface area contributed by atoms with Crippen molar-refractivity contribution >= 4 is 6.03 Å². The summed E-state index contributed by atoms with van der Waals surface area (Å²) in [6.07, 6.45) is 6.35. The summed E-state index contributed by atoms with van der Waals surface area (Å²) in [5, 5.41) is 18.9. The molecular weight excluding hydrogens is 256 g/mol. The van der Waals surface area contributed by atoms with Gasteiger partial charge in [0.05, 0.1) is 18.8 Å². The molecule has 114 valence electrons. The number of amides is 2. The first kappa shape index (κ1) is 16.5. The Hall–Kier alpha value is -1.56. The van der Waals surface area contributed by atoms with Gasteiger partial charge in [-0.15, -0.1) is 0 Å². The third-order valence-electron chi connectivity index (χ3n) is 3.00.